The van der Waals surface area contributed by atoms with Gasteiger partial charge in [0.05, 0.1) is 11.0 Å². The van der Waals surface area contributed by atoms with Gasteiger partial charge in [0.15, 0.2) is 0 Å². The lowest BCUT2D eigenvalue weighted by atomic mass is 10.1. The van der Waals surface area contributed by atoms with Crippen LogP contribution in [0.4, 0.5) is 0 Å². The van der Waals surface area contributed by atoms with Crippen LogP contribution in [0.25, 0.3) is 0 Å². The van der Waals surface area contributed by atoms with Gasteiger partial charge in [-0.1, -0.05) is 12.2 Å². The van der Waals surface area contributed by atoms with Crippen molar-refractivity contribution in [1.29, 1.82) is 0 Å². The second kappa shape index (κ2) is 4.71. The molecule has 0 bridgehead atoms. The largest absolute Gasteiger partial charge is 0.508 e. The normalized spacial score (nSPS) is 19.3. The van der Waals surface area contributed by atoms with Crippen molar-refractivity contribution in [2.24, 2.45) is 5.73 Å². The molecule has 1 atom stereocenters. The van der Waals surface area contributed by atoms with E-state index in [2.05, 4.69) is 0 Å². The number of carbonyl (C=O) groups is 1. The van der Waals surface area contributed by atoms with Gasteiger partial charge in [0.25, 0.3) is 5.91 Å². The molecule has 1 saturated heterocycles. The summed E-state index contributed by atoms with van der Waals surface area (Å²) in [5.41, 5.74) is 6.17. The minimum atomic E-state index is -0.133. The third-order valence-corrected chi connectivity index (χ3v) is 3.23. The number of hydrogen-bond donors (Lipinski definition) is 2. The average Bonchev–Trinajstić information content (AvgIpc) is 2.78. The quantitative estimate of drug-likeness (QED) is 0.776. The Balaban J connectivity index is 2.19. The van der Waals surface area contributed by atoms with E-state index in [4.69, 9.17) is 18.0 Å². The zero-order valence-electron chi connectivity index (χ0n) is 9.30. The molecule has 90 valence electrons. The Kier molecular flexibility index (Phi) is 3.28. The third-order valence-electron chi connectivity index (χ3n) is 2.96. The number of likely N-dealkylation sites (tertiary alicyclic amines) is 1. The summed E-state index contributed by atoms with van der Waals surface area (Å²) in [6.07, 6.45) is 1.75. The summed E-state index contributed by atoms with van der Waals surface area (Å²) in [6.45, 7) is 0.682. The van der Waals surface area contributed by atoms with E-state index in [9.17, 15) is 9.90 Å². The lowest BCUT2D eigenvalue weighted by Gasteiger charge is -2.23. The molecule has 1 aliphatic heterocycles. The van der Waals surface area contributed by atoms with Crippen molar-refractivity contribution in [2.75, 3.05) is 6.54 Å². The van der Waals surface area contributed by atoms with E-state index in [1.807, 2.05) is 0 Å². The highest BCUT2D eigenvalue weighted by Crippen LogP contribution is 2.21. The Morgan fingerprint density at radius 3 is 2.65 bits per heavy atom. The van der Waals surface area contributed by atoms with Crippen molar-refractivity contribution < 1.29 is 9.90 Å². The fraction of sp³-hybridized carbons (Fsp3) is 0.333. The van der Waals surface area contributed by atoms with Crippen LogP contribution < -0.4 is 5.73 Å². The summed E-state index contributed by atoms with van der Waals surface area (Å²) in [5.74, 6) is 0.0640. The second-order valence-electron chi connectivity index (χ2n) is 4.11. The number of thiocarbonyl (C=S) groups is 1. The van der Waals surface area contributed by atoms with Crippen LogP contribution in [-0.4, -0.2) is 33.5 Å². The first-order valence-corrected chi connectivity index (χ1v) is 5.90. The van der Waals surface area contributed by atoms with Crippen molar-refractivity contribution >= 4 is 23.1 Å². The van der Waals surface area contributed by atoms with E-state index >= 15 is 0 Å². The molecular weight excluding hydrogens is 236 g/mol. The zero-order chi connectivity index (χ0) is 12.4. The summed E-state index contributed by atoms with van der Waals surface area (Å²) >= 11 is 4.97. The van der Waals surface area contributed by atoms with Crippen LogP contribution in [0, 0.1) is 0 Å². The maximum atomic E-state index is 12.2. The van der Waals surface area contributed by atoms with E-state index < -0.39 is 0 Å². The molecule has 2 rings (SSSR count). The summed E-state index contributed by atoms with van der Waals surface area (Å²) < 4.78 is 0. The average molecular weight is 250 g/mol. The predicted molar refractivity (Wildman–Crippen MR) is 69.0 cm³/mol. The van der Waals surface area contributed by atoms with E-state index in [0.717, 1.165) is 12.8 Å². The van der Waals surface area contributed by atoms with Gasteiger partial charge in [0.1, 0.15) is 5.75 Å². The summed E-state index contributed by atoms with van der Waals surface area (Å²) in [5, 5.41) is 9.18. The van der Waals surface area contributed by atoms with E-state index in [1.54, 1.807) is 17.0 Å². The Morgan fingerprint density at radius 2 is 2.06 bits per heavy atom. The molecule has 1 fully saturated rings. The molecule has 1 unspecified atom stereocenters. The van der Waals surface area contributed by atoms with Gasteiger partial charge in [0.2, 0.25) is 0 Å². The zero-order valence-corrected chi connectivity index (χ0v) is 10.1. The minimum absolute atomic E-state index is 0.0831. The number of nitrogens with two attached hydrogens (primary N) is 1. The predicted octanol–water partition coefficient (Wildman–Crippen LogP) is 1.28. The summed E-state index contributed by atoms with van der Waals surface area (Å²) in [4.78, 5) is 14.3. The molecule has 0 aliphatic carbocycles. The van der Waals surface area contributed by atoms with Crippen molar-refractivity contribution in [3.8, 4) is 5.75 Å². The first-order chi connectivity index (χ1) is 8.09. The van der Waals surface area contributed by atoms with Crippen LogP contribution in [0.1, 0.15) is 23.2 Å². The van der Waals surface area contributed by atoms with Crippen LogP contribution >= 0.6 is 12.2 Å². The molecule has 0 radical (unpaired) electrons. The number of phenols is 1. The number of aromatic hydroxyl groups is 1. The first kappa shape index (κ1) is 11.9. The van der Waals surface area contributed by atoms with E-state index in [1.165, 1.54) is 12.1 Å². The topological polar surface area (TPSA) is 66.6 Å². The molecule has 4 nitrogen and oxygen atoms in total. The monoisotopic (exact) mass is 250 g/mol. The van der Waals surface area contributed by atoms with Gasteiger partial charge in [0, 0.05) is 12.1 Å². The minimum Gasteiger partial charge on any atom is -0.508 e. The Labute approximate surface area is 105 Å². The molecule has 0 spiro atoms. The number of carbonyl (C=O) groups excluding carboxylic acids is 1. The van der Waals surface area contributed by atoms with Crippen LogP contribution in [-0.2, 0) is 0 Å². The van der Waals surface area contributed by atoms with Gasteiger partial charge in [-0.15, -0.1) is 0 Å². The number of nitrogens with zero attached hydrogens (tertiary/aromatic N) is 1. The van der Waals surface area contributed by atoms with Gasteiger partial charge in [-0.2, -0.15) is 0 Å². The maximum Gasteiger partial charge on any atom is 0.254 e. The molecule has 1 aliphatic rings. The van der Waals surface area contributed by atoms with Gasteiger partial charge < -0.3 is 15.7 Å². The molecular formula is C12H14N2O2S. The molecule has 0 saturated carbocycles. The van der Waals surface area contributed by atoms with Crippen molar-refractivity contribution in [3.05, 3.63) is 29.8 Å². The number of hydrogen-bond acceptors (Lipinski definition) is 3. The summed E-state index contributed by atoms with van der Waals surface area (Å²) in [7, 11) is 0. The number of rotatable bonds is 2. The van der Waals surface area contributed by atoms with Crippen LogP contribution in [0.5, 0.6) is 5.75 Å². The van der Waals surface area contributed by atoms with Gasteiger partial charge in [-0.3, -0.25) is 4.79 Å². The molecule has 1 amide bonds. The van der Waals surface area contributed by atoms with Gasteiger partial charge in [-0.05, 0) is 37.1 Å². The smallest absolute Gasteiger partial charge is 0.254 e. The molecule has 1 heterocycles. The number of benzene rings is 1. The summed E-state index contributed by atoms with van der Waals surface area (Å²) in [6, 6.07) is 6.07. The van der Waals surface area contributed by atoms with E-state index in [0.29, 0.717) is 17.1 Å². The number of phenolic OH excluding ortho intramolecular Hbond substituents is 1. The lowest BCUT2D eigenvalue weighted by Crippen LogP contribution is -2.42. The SMILES string of the molecule is NC(=S)C1CCCN1C(=O)c1ccc(O)cc1. The molecule has 1 aromatic rings. The van der Waals surface area contributed by atoms with Crippen molar-refractivity contribution in [2.45, 2.75) is 18.9 Å². The van der Waals surface area contributed by atoms with Crippen LogP contribution in [0.15, 0.2) is 24.3 Å². The maximum absolute atomic E-state index is 12.2. The molecule has 1 aromatic carbocycles. The van der Waals surface area contributed by atoms with E-state index in [-0.39, 0.29) is 17.7 Å². The van der Waals surface area contributed by atoms with Crippen molar-refractivity contribution in [1.82, 2.24) is 4.90 Å². The van der Waals surface area contributed by atoms with Crippen LogP contribution in [0.2, 0.25) is 0 Å². The fourth-order valence-corrected chi connectivity index (χ4v) is 2.32. The highest BCUT2D eigenvalue weighted by molar-refractivity contribution is 7.80. The Bertz CT molecular complexity index is 444. The molecule has 5 heteroatoms. The molecule has 0 aromatic heterocycles. The first-order valence-electron chi connectivity index (χ1n) is 5.49. The van der Waals surface area contributed by atoms with Crippen molar-refractivity contribution in [3.63, 3.8) is 0 Å². The fourth-order valence-electron chi connectivity index (χ4n) is 2.08. The lowest BCUT2D eigenvalue weighted by molar-refractivity contribution is 0.0770. The van der Waals surface area contributed by atoms with Crippen LogP contribution in [0.3, 0.4) is 0 Å². The Morgan fingerprint density at radius 1 is 1.41 bits per heavy atom. The molecule has 17 heavy (non-hydrogen) atoms. The molecule has 3 N–H and O–H groups in total. The standard InChI is InChI=1S/C12H14N2O2S/c13-11(17)10-2-1-7-14(10)12(16)8-3-5-9(15)6-4-8/h3-6,10,15H,1-2,7H2,(H2,13,17). The third kappa shape index (κ3) is 2.39. The highest BCUT2D eigenvalue weighted by atomic mass is 32.1. The number of amides is 1. The van der Waals surface area contributed by atoms with Gasteiger partial charge >= 0.3 is 0 Å². The second-order valence-corrected chi connectivity index (χ2v) is 4.58. The Hall–Kier alpha value is -1.62. The highest BCUT2D eigenvalue weighted by Gasteiger charge is 2.31. The van der Waals surface area contributed by atoms with Gasteiger partial charge in [-0.25, -0.2) is 0 Å².